The van der Waals surface area contributed by atoms with Gasteiger partial charge in [0.25, 0.3) is 0 Å². The van der Waals surface area contributed by atoms with E-state index < -0.39 is 0 Å². The first kappa shape index (κ1) is 15.2. The Morgan fingerprint density at radius 1 is 1.44 bits per heavy atom. The largest absolute Gasteiger partial charge is 0.496 e. The number of halogens is 1. The van der Waals surface area contributed by atoms with Crippen molar-refractivity contribution in [3.63, 3.8) is 0 Å². The summed E-state index contributed by atoms with van der Waals surface area (Å²) in [6.45, 7) is 8.00. The Hall–Kier alpha value is -0.830. The van der Waals surface area contributed by atoms with Crippen molar-refractivity contribution in [3.05, 3.63) is 27.2 Å². The zero-order valence-electron chi connectivity index (χ0n) is 11.8. The molecule has 0 aliphatic rings. The third-order valence-electron chi connectivity index (χ3n) is 3.28. The van der Waals surface area contributed by atoms with Crippen LogP contribution in [0.15, 0.2) is 10.5 Å². The fraction of sp³-hybridized carbons (Fsp3) is 0.533. The van der Waals surface area contributed by atoms with E-state index in [0.717, 1.165) is 34.0 Å². The molecule has 18 heavy (non-hydrogen) atoms. The first-order chi connectivity index (χ1) is 8.43. The maximum Gasteiger partial charge on any atom is 0.169 e. The zero-order valence-corrected chi connectivity index (χ0v) is 13.3. The second kappa shape index (κ2) is 6.37. The predicted molar refractivity (Wildman–Crippen MR) is 78.6 cm³/mol. The minimum atomic E-state index is 0.0382. The highest BCUT2D eigenvalue weighted by atomic mass is 79.9. The zero-order chi connectivity index (χ0) is 13.9. The molecular weight excluding hydrogens is 292 g/mol. The van der Waals surface area contributed by atoms with Crippen LogP contribution in [0.5, 0.6) is 5.75 Å². The fourth-order valence-electron chi connectivity index (χ4n) is 2.22. The molecule has 0 amide bonds. The maximum absolute atomic E-state index is 12.5. The summed E-state index contributed by atoms with van der Waals surface area (Å²) < 4.78 is 6.39. The molecule has 0 radical (unpaired) electrons. The van der Waals surface area contributed by atoms with Crippen LogP contribution in [0.2, 0.25) is 0 Å². The van der Waals surface area contributed by atoms with E-state index in [0.29, 0.717) is 5.75 Å². The van der Waals surface area contributed by atoms with Crippen LogP contribution >= 0.6 is 15.9 Å². The maximum atomic E-state index is 12.5. The van der Waals surface area contributed by atoms with Crippen molar-refractivity contribution in [1.82, 2.24) is 0 Å². The topological polar surface area (TPSA) is 26.3 Å². The first-order valence-electron chi connectivity index (χ1n) is 6.31. The molecule has 0 spiro atoms. The van der Waals surface area contributed by atoms with E-state index in [4.69, 9.17) is 4.74 Å². The van der Waals surface area contributed by atoms with Crippen LogP contribution in [0.1, 0.15) is 48.2 Å². The van der Waals surface area contributed by atoms with Crippen LogP contribution in [0.25, 0.3) is 0 Å². The lowest BCUT2D eigenvalue weighted by Gasteiger charge is -2.18. The minimum Gasteiger partial charge on any atom is -0.496 e. The highest BCUT2D eigenvalue weighted by Gasteiger charge is 2.23. The van der Waals surface area contributed by atoms with Gasteiger partial charge in [-0.1, -0.05) is 36.2 Å². The summed E-state index contributed by atoms with van der Waals surface area (Å²) in [5.74, 6) is 0.926. The van der Waals surface area contributed by atoms with Gasteiger partial charge >= 0.3 is 0 Å². The molecular formula is C15H21BrO2. The average molecular weight is 313 g/mol. The smallest absolute Gasteiger partial charge is 0.169 e. The minimum absolute atomic E-state index is 0.0382. The van der Waals surface area contributed by atoms with E-state index in [1.807, 2.05) is 26.8 Å². The molecule has 0 bridgehead atoms. The van der Waals surface area contributed by atoms with Gasteiger partial charge in [0.15, 0.2) is 5.78 Å². The molecule has 1 atom stereocenters. The summed E-state index contributed by atoms with van der Waals surface area (Å²) in [6, 6.07) is 2.00. The summed E-state index contributed by atoms with van der Waals surface area (Å²) in [5.41, 5.74) is 2.68. The molecule has 0 aliphatic heterocycles. The van der Waals surface area contributed by atoms with Crippen molar-refractivity contribution in [1.29, 1.82) is 0 Å². The molecule has 1 aromatic carbocycles. The van der Waals surface area contributed by atoms with Gasteiger partial charge < -0.3 is 4.74 Å². The van der Waals surface area contributed by atoms with Gasteiger partial charge in [-0.15, -0.1) is 0 Å². The predicted octanol–water partition coefficient (Wildman–Crippen LogP) is 4.69. The Morgan fingerprint density at radius 2 is 2.06 bits per heavy atom. The van der Waals surface area contributed by atoms with Crippen LogP contribution in [-0.2, 0) is 0 Å². The Balaban J connectivity index is 3.33. The Labute approximate surface area is 118 Å². The lowest BCUT2D eigenvalue weighted by Crippen LogP contribution is -2.15. The van der Waals surface area contributed by atoms with Gasteiger partial charge in [-0.05, 0) is 37.5 Å². The molecule has 100 valence electrons. The number of hydrogen-bond donors (Lipinski definition) is 0. The van der Waals surface area contributed by atoms with Crippen LogP contribution < -0.4 is 4.74 Å². The summed E-state index contributed by atoms with van der Waals surface area (Å²) in [5, 5.41) is 0. The molecule has 0 heterocycles. The highest BCUT2D eigenvalue weighted by molar-refractivity contribution is 9.10. The third-order valence-corrected chi connectivity index (χ3v) is 4.11. The number of rotatable bonds is 5. The summed E-state index contributed by atoms with van der Waals surface area (Å²) in [7, 11) is 1.62. The van der Waals surface area contributed by atoms with Crippen molar-refractivity contribution >= 4 is 21.7 Å². The first-order valence-corrected chi connectivity index (χ1v) is 7.11. The molecule has 0 saturated heterocycles. The van der Waals surface area contributed by atoms with Gasteiger partial charge in [0.05, 0.1) is 12.7 Å². The van der Waals surface area contributed by atoms with E-state index >= 15 is 0 Å². The average Bonchev–Trinajstić information content (AvgIpc) is 2.32. The number of ketones is 1. The van der Waals surface area contributed by atoms with Crippen LogP contribution in [0, 0.1) is 19.8 Å². The fourth-order valence-corrected chi connectivity index (χ4v) is 2.76. The number of carbonyl (C=O) groups excluding carboxylic acids is 1. The highest BCUT2D eigenvalue weighted by Crippen LogP contribution is 2.34. The molecule has 1 aromatic rings. The number of carbonyl (C=O) groups is 1. The lowest BCUT2D eigenvalue weighted by atomic mass is 9.91. The molecule has 0 aliphatic carbocycles. The number of hydrogen-bond acceptors (Lipinski definition) is 2. The molecule has 1 unspecified atom stereocenters. The normalized spacial score (nSPS) is 12.3. The molecule has 2 nitrogen and oxygen atoms in total. The Bertz CT molecular complexity index is 452. The molecule has 0 N–H and O–H groups in total. The second-order valence-corrected chi connectivity index (χ2v) is 5.62. The third kappa shape index (κ3) is 2.94. The van der Waals surface area contributed by atoms with Gasteiger partial charge in [0.2, 0.25) is 0 Å². The standard InChI is InChI=1S/C15H21BrO2/c1-6-7-9(2)14(17)13-11(4)12(16)8-10(3)15(13)18-5/h8-9H,6-7H2,1-5H3. The van der Waals surface area contributed by atoms with Crippen LogP contribution in [-0.4, -0.2) is 12.9 Å². The van der Waals surface area contributed by atoms with Crippen molar-refractivity contribution in [3.8, 4) is 5.75 Å². The van der Waals surface area contributed by atoms with Crippen molar-refractivity contribution < 1.29 is 9.53 Å². The second-order valence-electron chi connectivity index (χ2n) is 4.76. The molecule has 0 saturated carbocycles. The van der Waals surface area contributed by atoms with Gasteiger partial charge in [-0.2, -0.15) is 0 Å². The number of aryl methyl sites for hydroxylation is 1. The quantitative estimate of drug-likeness (QED) is 0.737. The summed E-state index contributed by atoms with van der Waals surface area (Å²) in [4.78, 5) is 12.5. The summed E-state index contributed by atoms with van der Waals surface area (Å²) >= 11 is 3.51. The van der Waals surface area contributed by atoms with Gasteiger partial charge in [-0.3, -0.25) is 4.79 Å². The number of ether oxygens (including phenoxy) is 1. The molecule has 0 aromatic heterocycles. The number of benzene rings is 1. The lowest BCUT2D eigenvalue weighted by molar-refractivity contribution is 0.0919. The Morgan fingerprint density at radius 3 is 2.56 bits per heavy atom. The van der Waals surface area contributed by atoms with E-state index in [9.17, 15) is 4.79 Å². The van der Waals surface area contributed by atoms with E-state index in [-0.39, 0.29) is 11.7 Å². The van der Waals surface area contributed by atoms with E-state index in [1.165, 1.54) is 0 Å². The molecule has 3 heteroatoms. The Kier molecular flexibility index (Phi) is 5.39. The van der Waals surface area contributed by atoms with Crippen molar-refractivity contribution in [2.75, 3.05) is 7.11 Å². The van der Waals surface area contributed by atoms with Crippen LogP contribution in [0.3, 0.4) is 0 Å². The molecule has 1 rings (SSSR count). The van der Waals surface area contributed by atoms with Crippen molar-refractivity contribution in [2.24, 2.45) is 5.92 Å². The van der Waals surface area contributed by atoms with Gasteiger partial charge in [0, 0.05) is 10.4 Å². The van der Waals surface area contributed by atoms with Gasteiger partial charge in [0.1, 0.15) is 5.75 Å². The summed E-state index contributed by atoms with van der Waals surface area (Å²) in [6.07, 6.45) is 1.92. The van der Waals surface area contributed by atoms with E-state index in [1.54, 1.807) is 7.11 Å². The molecule has 0 fully saturated rings. The number of methoxy groups -OCH3 is 1. The van der Waals surface area contributed by atoms with Crippen molar-refractivity contribution in [2.45, 2.75) is 40.5 Å². The van der Waals surface area contributed by atoms with E-state index in [2.05, 4.69) is 22.9 Å². The SMILES string of the molecule is CCCC(C)C(=O)c1c(C)c(Br)cc(C)c1OC. The van der Waals surface area contributed by atoms with Crippen LogP contribution in [0.4, 0.5) is 0 Å². The van der Waals surface area contributed by atoms with Gasteiger partial charge in [-0.25, -0.2) is 0 Å². The monoisotopic (exact) mass is 312 g/mol. The number of Topliss-reactive ketones (excluding diaryl/α,β-unsaturated/α-hetero) is 1.